The number of nitriles is 1. The monoisotopic (exact) mass is 212 g/mol. The van der Waals surface area contributed by atoms with Crippen molar-refractivity contribution in [2.75, 3.05) is 13.1 Å². The summed E-state index contributed by atoms with van der Waals surface area (Å²) in [6, 6.07) is 2.77. The summed E-state index contributed by atoms with van der Waals surface area (Å²) in [6.45, 7) is 9.04. The van der Waals surface area contributed by atoms with Crippen molar-refractivity contribution in [1.29, 1.82) is 5.26 Å². The number of rotatable bonds is 3. The summed E-state index contributed by atoms with van der Waals surface area (Å²) < 4.78 is 0. The van der Waals surface area contributed by atoms with Crippen LogP contribution in [0, 0.1) is 11.3 Å². The Hall–Kier alpha value is -0.200. The van der Waals surface area contributed by atoms with Crippen molar-refractivity contribution in [1.82, 2.24) is 4.90 Å². The lowest BCUT2D eigenvalue weighted by molar-refractivity contribution is 0.191. The molecule has 0 aromatic carbocycles. The molecule has 3 atom stereocenters. The van der Waals surface area contributed by atoms with E-state index in [4.69, 9.17) is 5.26 Å². The molecule has 1 aliphatic heterocycles. The minimum atomic E-state index is 0.478. The molecule has 0 aromatic rings. The van der Waals surface area contributed by atoms with Crippen LogP contribution in [0.1, 0.15) is 33.6 Å². The molecule has 1 aliphatic rings. The van der Waals surface area contributed by atoms with Gasteiger partial charge < -0.3 is 0 Å². The first-order chi connectivity index (χ1) is 6.67. The molecule has 80 valence electrons. The molecule has 0 amide bonds. The van der Waals surface area contributed by atoms with E-state index in [1.807, 2.05) is 0 Å². The van der Waals surface area contributed by atoms with Crippen LogP contribution in [-0.4, -0.2) is 34.5 Å². The average Bonchev–Trinajstić information content (AvgIpc) is 2.12. The maximum Gasteiger partial charge on any atom is 0.0638 e. The standard InChI is InChI=1S/C11H20N2S/c1-4-11(5-6-12)13-7-9(2)14-10(3)8-13/h9-11H,4-5,7-8H2,1-3H3. The molecule has 0 N–H and O–H groups in total. The van der Waals surface area contributed by atoms with Crippen molar-refractivity contribution >= 4 is 11.8 Å². The van der Waals surface area contributed by atoms with Gasteiger partial charge in [-0.2, -0.15) is 17.0 Å². The smallest absolute Gasteiger partial charge is 0.0638 e. The quantitative estimate of drug-likeness (QED) is 0.719. The molecule has 1 fully saturated rings. The molecule has 1 saturated heterocycles. The van der Waals surface area contributed by atoms with Crippen LogP contribution >= 0.6 is 11.8 Å². The van der Waals surface area contributed by atoms with Crippen LogP contribution in [0.2, 0.25) is 0 Å². The minimum absolute atomic E-state index is 0.478. The molecule has 14 heavy (non-hydrogen) atoms. The van der Waals surface area contributed by atoms with Crippen LogP contribution in [0.5, 0.6) is 0 Å². The lowest BCUT2D eigenvalue weighted by Gasteiger charge is -2.38. The van der Waals surface area contributed by atoms with E-state index in [0.29, 0.717) is 23.0 Å². The Balaban J connectivity index is 2.52. The highest BCUT2D eigenvalue weighted by Crippen LogP contribution is 2.27. The largest absolute Gasteiger partial charge is 0.297 e. The highest BCUT2D eigenvalue weighted by molar-refractivity contribution is 8.00. The number of nitrogens with zero attached hydrogens (tertiary/aromatic N) is 2. The topological polar surface area (TPSA) is 27.0 Å². The first-order valence-corrected chi connectivity index (χ1v) is 6.38. The summed E-state index contributed by atoms with van der Waals surface area (Å²) in [5.41, 5.74) is 0. The number of thioether (sulfide) groups is 1. The number of hydrogen-bond donors (Lipinski definition) is 0. The second-order valence-electron chi connectivity index (χ2n) is 4.14. The third-order valence-electron chi connectivity index (χ3n) is 2.76. The molecule has 0 aliphatic carbocycles. The van der Waals surface area contributed by atoms with Gasteiger partial charge in [0.2, 0.25) is 0 Å². The van der Waals surface area contributed by atoms with Crippen molar-refractivity contribution < 1.29 is 0 Å². The van der Waals surface area contributed by atoms with Gasteiger partial charge in [-0.15, -0.1) is 0 Å². The van der Waals surface area contributed by atoms with E-state index in [1.54, 1.807) is 0 Å². The van der Waals surface area contributed by atoms with Gasteiger partial charge in [0.05, 0.1) is 12.5 Å². The zero-order valence-corrected chi connectivity index (χ0v) is 10.2. The van der Waals surface area contributed by atoms with Gasteiger partial charge in [-0.25, -0.2) is 0 Å². The van der Waals surface area contributed by atoms with Crippen LogP contribution in [0.4, 0.5) is 0 Å². The Kier molecular flexibility index (Phi) is 4.77. The van der Waals surface area contributed by atoms with Gasteiger partial charge in [-0.3, -0.25) is 4.90 Å². The van der Waals surface area contributed by atoms with E-state index < -0.39 is 0 Å². The van der Waals surface area contributed by atoms with E-state index in [2.05, 4.69) is 43.5 Å². The van der Waals surface area contributed by atoms with Gasteiger partial charge in [0, 0.05) is 29.6 Å². The second-order valence-corrected chi connectivity index (χ2v) is 6.02. The predicted octanol–water partition coefficient (Wildman–Crippen LogP) is 2.50. The Morgan fingerprint density at radius 2 is 2.00 bits per heavy atom. The van der Waals surface area contributed by atoms with Gasteiger partial charge >= 0.3 is 0 Å². The van der Waals surface area contributed by atoms with Gasteiger partial charge in [0.1, 0.15) is 0 Å². The Morgan fingerprint density at radius 3 is 2.43 bits per heavy atom. The molecule has 3 unspecified atom stereocenters. The molecule has 3 heteroatoms. The minimum Gasteiger partial charge on any atom is -0.297 e. The van der Waals surface area contributed by atoms with Crippen LogP contribution in [-0.2, 0) is 0 Å². The molecular formula is C11H20N2S. The fourth-order valence-corrected chi connectivity index (χ4v) is 3.50. The predicted molar refractivity (Wildman–Crippen MR) is 62.4 cm³/mol. The van der Waals surface area contributed by atoms with Gasteiger partial charge in [-0.1, -0.05) is 20.8 Å². The Labute approximate surface area is 91.7 Å². The molecule has 2 nitrogen and oxygen atoms in total. The van der Waals surface area contributed by atoms with E-state index in [-0.39, 0.29) is 0 Å². The first-order valence-electron chi connectivity index (χ1n) is 5.43. The molecule has 0 saturated carbocycles. The Morgan fingerprint density at radius 1 is 1.43 bits per heavy atom. The lowest BCUT2D eigenvalue weighted by Crippen LogP contribution is -2.46. The SMILES string of the molecule is CCC(CC#N)N1CC(C)SC(C)C1. The normalized spacial score (nSPS) is 31.0. The molecule has 0 bridgehead atoms. The van der Waals surface area contributed by atoms with E-state index in [0.717, 1.165) is 19.5 Å². The van der Waals surface area contributed by atoms with Crippen LogP contribution in [0.25, 0.3) is 0 Å². The van der Waals surface area contributed by atoms with Gasteiger partial charge in [-0.05, 0) is 6.42 Å². The van der Waals surface area contributed by atoms with Crippen molar-refractivity contribution in [2.45, 2.75) is 50.2 Å². The van der Waals surface area contributed by atoms with E-state index in [1.165, 1.54) is 0 Å². The van der Waals surface area contributed by atoms with Crippen molar-refractivity contribution in [2.24, 2.45) is 0 Å². The zero-order chi connectivity index (χ0) is 10.6. The summed E-state index contributed by atoms with van der Waals surface area (Å²) in [6.07, 6.45) is 1.78. The van der Waals surface area contributed by atoms with Crippen LogP contribution in [0.15, 0.2) is 0 Å². The maximum absolute atomic E-state index is 8.75. The zero-order valence-electron chi connectivity index (χ0n) is 9.36. The van der Waals surface area contributed by atoms with Crippen LogP contribution < -0.4 is 0 Å². The number of hydrogen-bond acceptors (Lipinski definition) is 3. The van der Waals surface area contributed by atoms with Crippen LogP contribution in [0.3, 0.4) is 0 Å². The summed E-state index contributed by atoms with van der Waals surface area (Å²) >= 11 is 2.07. The highest BCUT2D eigenvalue weighted by Gasteiger charge is 2.26. The fraction of sp³-hybridized carbons (Fsp3) is 0.909. The first kappa shape index (κ1) is 11.9. The fourth-order valence-electron chi connectivity index (χ4n) is 2.15. The second kappa shape index (κ2) is 5.63. The van der Waals surface area contributed by atoms with E-state index >= 15 is 0 Å². The molecule has 1 heterocycles. The summed E-state index contributed by atoms with van der Waals surface area (Å²) in [5.74, 6) is 0. The molecule has 0 spiro atoms. The average molecular weight is 212 g/mol. The molecule has 0 aromatic heterocycles. The summed E-state index contributed by atoms with van der Waals surface area (Å²) in [7, 11) is 0. The molecular weight excluding hydrogens is 192 g/mol. The summed E-state index contributed by atoms with van der Waals surface area (Å²) in [5, 5.41) is 10.2. The lowest BCUT2D eigenvalue weighted by atomic mass is 10.1. The maximum atomic E-state index is 8.75. The van der Waals surface area contributed by atoms with Gasteiger partial charge in [0.25, 0.3) is 0 Å². The van der Waals surface area contributed by atoms with Crippen molar-refractivity contribution in [3.8, 4) is 6.07 Å². The highest BCUT2D eigenvalue weighted by atomic mass is 32.2. The molecule has 1 rings (SSSR count). The Bertz CT molecular complexity index is 202. The summed E-state index contributed by atoms with van der Waals surface area (Å²) in [4.78, 5) is 2.50. The molecule has 0 radical (unpaired) electrons. The third-order valence-corrected chi connectivity index (χ3v) is 3.99. The van der Waals surface area contributed by atoms with Crippen molar-refractivity contribution in [3.63, 3.8) is 0 Å². The third kappa shape index (κ3) is 3.18. The van der Waals surface area contributed by atoms with E-state index in [9.17, 15) is 0 Å². The van der Waals surface area contributed by atoms with Gasteiger partial charge in [0.15, 0.2) is 0 Å². The van der Waals surface area contributed by atoms with Crippen molar-refractivity contribution in [3.05, 3.63) is 0 Å².